The Morgan fingerprint density at radius 2 is 1.79 bits per heavy atom. The summed E-state index contributed by atoms with van der Waals surface area (Å²) >= 11 is 0. The van der Waals surface area contributed by atoms with Crippen LogP contribution in [0.1, 0.15) is 12.8 Å². The number of carboxylic acid groups (broad SMARTS) is 1. The van der Waals surface area contributed by atoms with Gasteiger partial charge >= 0.3 is 5.97 Å². The van der Waals surface area contributed by atoms with Crippen LogP contribution < -0.4 is 10.0 Å². The van der Waals surface area contributed by atoms with Crippen LogP contribution in [0.3, 0.4) is 0 Å². The third kappa shape index (κ3) is 5.02. The number of aromatic nitrogens is 2. The van der Waals surface area contributed by atoms with Crippen molar-refractivity contribution in [2.75, 3.05) is 10.0 Å². The molecule has 0 fully saturated rings. The molecule has 0 saturated carbocycles. The zero-order valence-electron chi connectivity index (χ0n) is 12.3. The van der Waals surface area contributed by atoms with Crippen molar-refractivity contribution in [3.63, 3.8) is 0 Å². The first-order valence-electron chi connectivity index (χ1n) is 6.77. The van der Waals surface area contributed by atoms with E-state index in [4.69, 9.17) is 5.11 Å². The number of carboxylic acids is 1. The number of amides is 1. The summed E-state index contributed by atoms with van der Waals surface area (Å²) in [6.45, 7) is 0. The molecule has 0 radical (unpaired) electrons. The Kier molecular flexibility index (Phi) is 5.42. The van der Waals surface area contributed by atoms with E-state index < -0.39 is 21.9 Å². The topological polar surface area (TPSA) is 138 Å². The van der Waals surface area contributed by atoms with Crippen molar-refractivity contribution in [3.8, 4) is 0 Å². The standard InChI is InChI=1S/C14H14N4O5S/c19-13(5-6-14(20)21)17-10-1-3-11(4-2-10)24(22,23)18-12-9-15-7-8-16-12/h1-4,7-9H,5-6H2,(H,16,18)(H,17,19)(H,20,21). The van der Waals surface area contributed by atoms with Gasteiger partial charge in [0, 0.05) is 24.5 Å². The molecule has 2 rings (SSSR count). The SMILES string of the molecule is O=C(O)CCC(=O)Nc1ccc(S(=O)(=O)Nc2cnccn2)cc1. The van der Waals surface area contributed by atoms with Gasteiger partial charge in [0.15, 0.2) is 5.82 Å². The third-order valence-electron chi connectivity index (χ3n) is 2.82. The number of sulfonamides is 1. The van der Waals surface area contributed by atoms with E-state index >= 15 is 0 Å². The second-order valence-electron chi connectivity index (χ2n) is 4.66. The number of carbonyl (C=O) groups is 2. The second kappa shape index (κ2) is 7.51. The number of hydrogen-bond donors (Lipinski definition) is 3. The normalized spacial score (nSPS) is 10.8. The molecular formula is C14H14N4O5S. The highest BCUT2D eigenvalue weighted by molar-refractivity contribution is 7.92. The third-order valence-corrected chi connectivity index (χ3v) is 4.19. The molecule has 1 aromatic heterocycles. The van der Waals surface area contributed by atoms with Crippen molar-refractivity contribution in [2.45, 2.75) is 17.7 Å². The molecule has 10 heteroatoms. The highest BCUT2D eigenvalue weighted by Crippen LogP contribution is 2.17. The average Bonchev–Trinajstić information content (AvgIpc) is 2.54. The molecule has 24 heavy (non-hydrogen) atoms. The fourth-order valence-electron chi connectivity index (χ4n) is 1.71. The zero-order chi connectivity index (χ0) is 17.6. The maximum Gasteiger partial charge on any atom is 0.303 e. The maximum atomic E-state index is 12.2. The molecule has 0 aliphatic heterocycles. The molecule has 126 valence electrons. The van der Waals surface area contributed by atoms with Crippen molar-refractivity contribution in [1.29, 1.82) is 0 Å². The Balaban J connectivity index is 2.03. The molecule has 1 amide bonds. The Morgan fingerprint density at radius 1 is 1.08 bits per heavy atom. The van der Waals surface area contributed by atoms with Crippen molar-refractivity contribution >= 4 is 33.4 Å². The highest BCUT2D eigenvalue weighted by Gasteiger charge is 2.15. The van der Waals surface area contributed by atoms with Crippen LogP contribution in [0.2, 0.25) is 0 Å². The molecule has 0 atom stereocenters. The minimum atomic E-state index is -3.82. The van der Waals surface area contributed by atoms with Crippen LogP contribution in [-0.2, 0) is 19.6 Å². The smallest absolute Gasteiger partial charge is 0.303 e. The molecule has 1 aromatic carbocycles. The summed E-state index contributed by atoms with van der Waals surface area (Å²) in [6, 6.07) is 5.44. The van der Waals surface area contributed by atoms with Crippen LogP contribution in [0.5, 0.6) is 0 Å². The first-order chi connectivity index (χ1) is 11.4. The van der Waals surface area contributed by atoms with Gasteiger partial charge in [0.2, 0.25) is 5.91 Å². The number of nitrogens with zero attached hydrogens (tertiary/aromatic N) is 2. The predicted octanol–water partition coefficient (Wildman–Crippen LogP) is 1.08. The Hall–Kier alpha value is -3.01. The molecule has 3 N–H and O–H groups in total. The quantitative estimate of drug-likeness (QED) is 0.679. The molecule has 2 aromatic rings. The van der Waals surface area contributed by atoms with E-state index in [9.17, 15) is 18.0 Å². The summed E-state index contributed by atoms with van der Waals surface area (Å²) in [7, 11) is -3.82. The number of carbonyl (C=O) groups excluding carboxylic acids is 1. The van der Waals surface area contributed by atoms with Gasteiger partial charge in [0.1, 0.15) is 0 Å². The summed E-state index contributed by atoms with van der Waals surface area (Å²) in [6.07, 6.45) is 3.60. The van der Waals surface area contributed by atoms with Gasteiger partial charge in [0.05, 0.1) is 17.5 Å². The number of nitrogens with one attached hydrogen (secondary N) is 2. The first kappa shape index (κ1) is 17.3. The fourth-order valence-corrected chi connectivity index (χ4v) is 2.70. The van der Waals surface area contributed by atoms with E-state index in [2.05, 4.69) is 20.0 Å². The van der Waals surface area contributed by atoms with E-state index in [0.717, 1.165) is 0 Å². The second-order valence-corrected chi connectivity index (χ2v) is 6.34. The van der Waals surface area contributed by atoms with Gasteiger partial charge in [-0.1, -0.05) is 0 Å². The molecular weight excluding hydrogens is 336 g/mol. The van der Waals surface area contributed by atoms with Gasteiger partial charge in [-0.25, -0.2) is 13.4 Å². The molecule has 0 aliphatic rings. The molecule has 0 saturated heterocycles. The van der Waals surface area contributed by atoms with Gasteiger partial charge in [-0.05, 0) is 24.3 Å². The molecule has 9 nitrogen and oxygen atoms in total. The van der Waals surface area contributed by atoms with E-state index in [1.807, 2.05) is 0 Å². The van der Waals surface area contributed by atoms with E-state index in [0.29, 0.717) is 5.69 Å². The number of benzene rings is 1. The lowest BCUT2D eigenvalue weighted by Crippen LogP contribution is -2.15. The van der Waals surface area contributed by atoms with Crippen molar-refractivity contribution in [3.05, 3.63) is 42.9 Å². The number of anilines is 2. The number of hydrogen-bond acceptors (Lipinski definition) is 6. The molecule has 0 aliphatic carbocycles. The van der Waals surface area contributed by atoms with Crippen LogP contribution in [0.4, 0.5) is 11.5 Å². The highest BCUT2D eigenvalue weighted by atomic mass is 32.2. The van der Waals surface area contributed by atoms with Gasteiger partial charge in [-0.2, -0.15) is 0 Å². The average molecular weight is 350 g/mol. The Labute approximate surface area is 137 Å². The summed E-state index contributed by atoms with van der Waals surface area (Å²) < 4.78 is 26.6. The van der Waals surface area contributed by atoms with Crippen LogP contribution in [0.25, 0.3) is 0 Å². The minimum Gasteiger partial charge on any atom is -0.481 e. The van der Waals surface area contributed by atoms with Gasteiger partial charge in [-0.3, -0.25) is 19.3 Å². The minimum absolute atomic E-state index is 0.0170. The molecule has 0 spiro atoms. The van der Waals surface area contributed by atoms with Gasteiger partial charge in [0.25, 0.3) is 10.0 Å². The zero-order valence-corrected chi connectivity index (χ0v) is 13.2. The lowest BCUT2D eigenvalue weighted by Gasteiger charge is -2.08. The number of aliphatic carboxylic acids is 1. The number of rotatable bonds is 7. The van der Waals surface area contributed by atoms with E-state index in [-0.39, 0.29) is 23.6 Å². The first-order valence-corrected chi connectivity index (χ1v) is 8.26. The molecule has 0 bridgehead atoms. The maximum absolute atomic E-state index is 12.2. The lowest BCUT2D eigenvalue weighted by molar-refractivity contribution is -0.138. The van der Waals surface area contributed by atoms with Gasteiger partial charge in [-0.15, -0.1) is 0 Å². The summed E-state index contributed by atoms with van der Waals surface area (Å²) in [5.41, 5.74) is 0.365. The monoisotopic (exact) mass is 350 g/mol. The Bertz CT molecular complexity index is 822. The van der Waals surface area contributed by atoms with Crippen molar-refractivity contribution in [2.24, 2.45) is 0 Å². The van der Waals surface area contributed by atoms with E-state index in [1.165, 1.54) is 42.9 Å². The summed E-state index contributed by atoms with van der Waals surface area (Å²) in [4.78, 5) is 29.5. The lowest BCUT2D eigenvalue weighted by atomic mass is 10.2. The van der Waals surface area contributed by atoms with Crippen LogP contribution >= 0.6 is 0 Å². The predicted molar refractivity (Wildman–Crippen MR) is 84.8 cm³/mol. The largest absolute Gasteiger partial charge is 0.481 e. The van der Waals surface area contributed by atoms with Crippen LogP contribution in [0, 0.1) is 0 Å². The van der Waals surface area contributed by atoms with Gasteiger partial charge < -0.3 is 10.4 Å². The van der Waals surface area contributed by atoms with Crippen LogP contribution in [-0.4, -0.2) is 35.4 Å². The summed E-state index contributed by atoms with van der Waals surface area (Å²) in [5, 5.41) is 11.0. The molecule has 0 unspecified atom stereocenters. The van der Waals surface area contributed by atoms with E-state index in [1.54, 1.807) is 0 Å². The van der Waals surface area contributed by atoms with Crippen molar-refractivity contribution in [1.82, 2.24) is 9.97 Å². The summed E-state index contributed by atoms with van der Waals surface area (Å²) in [5.74, 6) is -1.45. The van der Waals surface area contributed by atoms with Crippen LogP contribution in [0.15, 0.2) is 47.8 Å². The Morgan fingerprint density at radius 3 is 2.38 bits per heavy atom. The molecule has 1 heterocycles. The van der Waals surface area contributed by atoms with Crippen molar-refractivity contribution < 1.29 is 23.1 Å². The fraction of sp³-hybridized carbons (Fsp3) is 0.143.